The molecule has 2 fully saturated rings. The molecule has 0 aromatic heterocycles. The van der Waals surface area contributed by atoms with Gasteiger partial charge in [-0.1, -0.05) is 0 Å². The molecular formula is C12H24N2O2S2. The number of sulfonamides is 1. The van der Waals surface area contributed by atoms with Crippen LogP contribution in [0.3, 0.4) is 0 Å². The van der Waals surface area contributed by atoms with Crippen molar-refractivity contribution in [3.8, 4) is 0 Å². The Labute approximate surface area is 115 Å². The van der Waals surface area contributed by atoms with Crippen molar-refractivity contribution in [2.45, 2.75) is 25.7 Å². The second kappa shape index (κ2) is 7.12. The Kier molecular flexibility index (Phi) is 5.79. The fraction of sp³-hybridized carbons (Fsp3) is 1.00. The van der Waals surface area contributed by atoms with Gasteiger partial charge in [-0.2, -0.15) is 11.8 Å². The van der Waals surface area contributed by atoms with Gasteiger partial charge in [-0.15, -0.1) is 0 Å². The summed E-state index contributed by atoms with van der Waals surface area (Å²) in [6, 6.07) is 0. The van der Waals surface area contributed by atoms with Crippen LogP contribution in [0, 0.1) is 11.8 Å². The van der Waals surface area contributed by atoms with Crippen molar-refractivity contribution in [2.75, 3.05) is 36.9 Å². The van der Waals surface area contributed by atoms with Crippen LogP contribution < -0.4 is 10.0 Å². The summed E-state index contributed by atoms with van der Waals surface area (Å²) in [4.78, 5) is 0. The van der Waals surface area contributed by atoms with Gasteiger partial charge in [0.2, 0.25) is 10.0 Å². The SMILES string of the molecule is O=S(=O)(CC1CCCNC1)NCC1CCSCC1. The summed E-state index contributed by atoms with van der Waals surface area (Å²) in [5.41, 5.74) is 0. The van der Waals surface area contributed by atoms with Crippen molar-refractivity contribution in [1.29, 1.82) is 0 Å². The number of hydrogen-bond acceptors (Lipinski definition) is 4. The van der Waals surface area contributed by atoms with E-state index in [-0.39, 0.29) is 5.92 Å². The van der Waals surface area contributed by atoms with Gasteiger partial charge in [-0.25, -0.2) is 13.1 Å². The van der Waals surface area contributed by atoms with E-state index in [1.807, 2.05) is 11.8 Å². The molecule has 0 amide bonds. The second-order valence-corrected chi connectivity index (χ2v) is 8.47. The monoisotopic (exact) mass is 292 g/mol. The largest absolute Gasteiger partial charge is 0.316 e. The smallest absolute Gasteiger partial charge is 0.211 e. The molecule has 2 N–H and O–H groups in total. The molecule has 0 saturated carbocycles. The summed E-state index contributed by atoms with van der Waals surface area (Å²) in [6.07, 6.45) is 4.43. The van der Waals surface area contributed by atoms with Crippen molar-refractivity contribution >= 4 is 21.8 Å². The zero-order chi connectivity index (χ0) is 12.8. The predicted molar refractivity (Wildman–Crippen MR) is 77.4 cm³/mol. The number of hydrogen-bond donors (Lipinski definition) is 2. The van der Waals surface area contributed by atoms with E-state index in [0.29, 0.717) is 18.2 Å². The Bertz CT molecular complexity index is 334. The Morgan fingerprint density at radius 2 is 1.94 bits per heavy atom. The zero-order valence-corrected chi connectivity index (χ0v) is 12.5. The number of rotatable bonds is 5. The molecule has 2 rings (SSSR count). The van der Waals surface area contributed by atoms with E-state index in [9.17, 15) is 8.42 Å². The van der Waals surface area contributed by atoms with Gasteiger partial charge in [0.05, 0.1) is 5.75 Å². The highest BCUT2D eigenvalue weighted by Gasteiger charge is 2.22. The van der Waals surface area contributed by atoms with Crippen LogP contribution >= 0.6 is 11.8 Å². The molecule has 0 spiro atoms. The van der Waals surface area contributed by atoms with E-state index in [1.165, 1.54) is 11.5 Å². The molecule has 0 radical (unpaired) electrons. The molecule has 0 aromatic rings. The summed E-state index contributed by atoms with van der Waals surface area (Å²) in [7, 11) is -3.08. The van der Waals surface area contributed by atoms with E-state index in [4.69, 9.17) is 0 Å². The fourth-order valence-corrected chi connectivity index (χ4v) is 5.35. The molecule has 0 aromatic carbocycles. The predicted octanol–water partition coefficient (Wildman–Crippen LogP) is 1.05. The molecular weight excluding hydrogens is 268 g/mol. The first-order valence-electron chi connectivity index (χ1n) is 6.91. The van der Waals surface area contributed by atoms with E-state index >= 15 is 0 Å². The van der Waals surface area contributed by atoms with Gasteiger partial charge < -0.3 is 5.32 Å². The minimum atomic E-state index is -3.08. The first kappa shape index (κ1) is 14.6. The lowest BCUT2D eigenvalue weighted by Crippen LogP contribution is -2.39. The topological polar surface area (TPSA) is 58.2 Å². The molecule has 1 unspecified atom stereocenters. The Balaban J connectivity index is 1.72. The lowest BCUT2D eigenvalue weighted by atomic mass is 10.0. The first-order chi connectivity index (χ1) is 8.66. The molecule has 2 aliphatic rings. The molecule has 4 nitrogen and oxygen atoms in total. The van der Waals surface area contributed by atoms with Gasteiger partial charge in [0.1, 0.15) is 0 Å². The van der Waals surface area contributed by atoms with Gasteiger partial charge in [0.15, 0.2) is 0 Å². The van der Waals surface area contributed by atoms with Crippen LogP contribution in [0.15, 0.2) is 0 Å². The van der Waals surface area contributed by atoms with Crippen molar-refractivity contribution in [3.05, 3.63) is 0 Å². The van der Waals surface area contributed by atoms with Crippen LogP contribution in [0.2, 0.25) is 0 Å². The average molecular weight is 292 g/mol. The summed E-state index contributed by atoms with van der Waals surface area (Å²) in [5, 5.41) is 3.27. The van der Waals surface area contributed by atoms with E-state index < -0.39 is 10.0 Å². The third-order valence-corrected chi connectivity index (χ3v) is 6.35. The third kappa shape index (κ3) is 5.07. The van der Waals surface area contributed by atoms with Crippen LogP contribution in [0.1, 0.15) is 25.7 Å². The summed E-state index contributed by atoms with van der Waals surface area (Å²) >= 11 is 1.97. The van der Waals surface area contributed by atoms with Gasteiger partial charge in [0.25, 0.3) is 0 Å². The maximum Gasteiger partial charge on any atom is 0.211 e. The van der Waals surface area contributed by atoms with Gasteiger partial charge >= 0.3 is 0 Å². The van der Waals surface area contributed by atoms with Gasteiger partial charge in [0, 0.05) is 6.54 Å². The molecule has 2 heterocycles. The average Bonchev–Trinajstić information content (AvgIpc) is 2.38. The molecule has 2 saturated heterocycles. The van der Waals surface area contributed by atoms with E-state index in [1.54, 1.807) is 0 Å². The zero-order valence-electron chi connectivity index (χ0n) is 10.9. The molecule has 0 bridgehead atoms. The molecule has 2 aliphatic heterocycles. The van der Waals surface area contributed by atoms with Crippen molar-refractivity contribution < 1.29 is 8.42 Å². The summed E-state index contributed by atoms with van der Waals surface area (Å²) < 4.78 is 26.8. The second-order valence-electron chi connectivity index (χ2n) is 5.40. The van der Waals surface area contributed by atoms with Crippen molar-refractivity contribution in [1.82, 2.24) is 10.0 Å². The first-order valence-corrected chi connectivity index (χ1v) is 9.72. The van der Waals surface area contributed by atoms with E-state index in [2.05, 4.69) is 10.0 Å². The molecule has 6 heteroatoms. The molecule has 106 valence electrons. The standard InChI is InChI=1S/C12H24N2O2S2/c15-18(16,10-12-2-1-5-13-8-12)14-9-11-3-6-17-7-4-11/h11-14H,1-10H2. The normalized spacial score (nSPS) is 27.2. The van der Waals surface area contributed by atoms with Gasteiger partial charge in [-0.05, 0) is 62.1 Å². The maximum absolute atomic E-state index is 12.0. The van der Waals surface area contributed by atoms with Crippen LogP contribution in [-0.4, -0.2) is 45.3 Å². The fourth-order valence-electron chi connectivity index (χ4n) is 2.63. The minimum absolute atomic E-state index is 0.290. The Hall–Kier alpha value is 0.220. The van der Waals surface area contributed by atoms with Crippen LogP contribution in [0.5, 0.6) is 0 Å². The van der Waals surface area contributed by atoms with Gasteiger partial charge in [-0.3, -0.25) is 0 Å². The highest BCUT2D eigenvalue weighted by atomic mass is 32.2. The Morgan fingerprint density at radius 3 is 2.61 bits per heavy atom. The summed E-state index contributed by atoms with van der Waals surface area (Å²) in [6.45, 7) is 2.52. The number of thioether (sulfide) groups is 1. The van der Waals surface area contributed by atoms with Crippen molar-refractivity contribution in [3.63, 3.8) is 0 Å². The van der Waals surface area contributed by atoms with Crippen LogP contribution in [0.25, 0.3) is 0 Å². The lowest BCUT2D eigenvalue weighted by molar-refractivity contribution is 0.401. The highest BCUT2D eigenvalue weighted by molar-refractivity contribution is 7.99. The number of nitrogens with one attached hydrogen (secondary N) is 2. The highest BCUT2D eigenvalue weighted by Crippen LogP contribution is 2.22. The van der Waals surface area contributed by atoms with Crippen LogP contribution in [0.4, 0.5) is 0 Å². The van der Waals surface area contributed by atoms with Crippen LogP contribution in [-0.2, 0) is 10.0 Å². The Morgan fingerprint density at radius 1 is 1.17 bits per heavy atom. The van der Waals surface area contributed by atoms with Crippen molar-refractivity contribution in [2.24, 2.45) is 11.8 Å². The van der Waals surface area contributed by atoms with E-state index in [0.717, 1.165) is 38.8 Å². The lowest BCUT2D eigenvalue weighted by Gasteiger charge is -2.24. The third-order valence-electron chi connectivity index (χ3n) is 3.79. The molecule has 18 heavy (non-hydrogen) atoms. The quantitative estimate of drug-likeness (QED) is 0.795. The minimum Gasteiger partial charge on any atom is -0.316 e. The summed E-state index contributed by atoms with van der Waals surface area (Å²) in [5.74, 6) is 3.49. The molecule has 1 atom stereocenters. The number of piperidine rings is 1. The maximum atomic E-state index is 12.0. The molecule has 0 aliphatic carbocycles.